The van der Waals surface area contributed by atoms with Crippen LogP contribution in [0, 0.1) is 0 Å². The number of rotatable bonds is 7. The van der Waals surface area contributed by atoms with Crippen LogP contribution < -0.4 is 5.32 Å². The highest BCUT2D eigenvalue weighted by Crippen LogP contribution is 2.26. The number of nitrogens with one attached hydrogen (secondary N) is 1. The van der Waals surface area contributed by atoms with Crippen LogP contribution in [-0.2, 0) is 11.3 Å². The fourth-order valence-electron chi connectivity index (χ4n) is 1.55. The van der Waals surface area contributed by atoms with Gasteiger partial charge in [-0.15, -0.1) is 0 Å². The SMILES string of the molecule is COCCNCc1cccnc1Sc1ccccn1. The van der Waals surface area contributed by atoms with Gasteiger partial charge in [0.1, 0.15) is 10.1 Å². The standard InChI is InChI=1S/C14H17N3OS/c1-18-10-9-15-11-12-5-4-8-17-14(12)19-13-6-2-3-7-16-13/h2-8,15H,9-11H2,1H3. The molecule has 0 aliphatic heterocycles. The van der Waals surface area contributed by atoms with Crippen LogP contribution in [0.3, 0.4) is 0 Å². The van der Waals surface area contributed by atoms with E-state index in [1.165, 1.54) is 5.56 Å². The Morgan fingerprint density at radius 3 is 2.84 bits per heavy atom. The first-order chi connectivity index (χ1) is 9.40. The van der Waals surface area contributed by atoms with Gasteiger partial charge in [-0.2, -0.15) is 0 Å². The van der Waals surface area contributed by atoms with E-state index in [2.05, 4.69) is 21.4 Å². The first kappa shape index (κ1) is 14.0. The van der Waals surface area contributed by atoms with Crippen LogP contribution in [0.1, 0.15) is 5.56 Å². The number of nitrogens with zero attached hydrogens (tertiary/aromatic N) is 2. The molecule has 0 unspecified atom stereocenters. The molecule has 0 bridgehead atoms. The molecule has 0 aromatic carbocycles. The molecule has 1 N–H and O–H groups in total. The Balaban J connectivity index is 2.00. The molecule has 19 heavy (non-hydrogen) atoms. The minimum Gasteiger partial charge on any atom is -0.383 e. The molecule has 0 aliphatic rings. The number of aromatic nitrogens is 2. The molecule has 100 valence electrons. The molecule has 0 atom stereocenters. The van der Waals surface area contributed by atoms with Gasteiger partial charge in [-0.05, 0) is 35.5 Å². The maximum Gasteiger partial charge on any atom is 0.107 e. The largest absolute Gasteiger partial charge is 0.383 e. The van der Waals surface area contributed by atoms with Gasteiger partial charge >= 0.3 is 0 Å². The molecule has 0 saturated carbocycles. The first-order valence-electron chi connectivity index (χ1n) is 6.12. The third kappa shape index (κ3) is 4.63. The van der Waals surface area contributed by atoms with Crippen LogP contribution in [0.5, 0.6) is 0 Å². The Kier molecular flexibility index (Phi) is 5.81. The molecular weight excluding hydrogens is 258 g/mol. The zero-order chi connectivity index (χ0) is 13.3. The van der Waals surface area contributed by atoms with Gasteiger partial charge in [0.05, 0.1) is 6.61 Å². The number of methoxy groups -OCH3 is 1. The van der Waals surface area contributed by atoms with Gasteiger partial charge in [0, 0.05) is 32.6 Å². The van der Waals surface area contributed by atoms with Crippen molar-refractivity contribution >= 4 is 11.8 Å². The van der Waals surface area contributed by atoms with Crippen molar-refractivity contribution in [1.82, 2.24) is 15.3 Å². The average molecular weight is 275 g/mol. The van der Waals surface area contributed by atoms with Gasteiger partial charge in [0.25, 0.3) is 0 Å². The van der Waals surface area contributed by atoms with E-state index in [1.807, 2.05) is 30.5 Å². The van der Waals surface area contributed by atoms with Gasteiger partial charge in [0.15, 0.2) is 0 Å². The molecule has 0 saturated heterocycles. The molecule has 2 rings (SSSR count). The number of hydrogen-bond donors (Lipinski definition) is 1. The van der Waals surface area contributed by atoms with Crippen LogP contribution in [0.2, 0.25) is 0 Å². The molecule has 5 heteroatoms. The summed E-state index contributed by atoms with van der Waals surface area (Å²) < 4.78 is 5.01. The monoisotopic (exact) mass is 275 g/mol. The smallest absolute Gasteiger partial charge is 0.107 e. The van der Waals surface area contributed by atoms with Crippen molar-refractivity contribution in [1.29, 1.82) is 0 Å². The summed E-state index contributed by atoms with van der Waals surface area (Å²) in [6.45, 7) is 2.33. The lowest BCUT2D eigenvalue weighted by Crippen LogP contribution is -2.19. The minimum atomic E-state index is 0.711. The van der Waals surface area contributed by atoms with E-state index < -0.39 is 0 Å². The molecule has 2 aromatic rings. The van der Waals surface area contributed by atoms with Crippen LogP contribution in [-0.4, -0.2) is 30.2 Å². The maximum atomic E-state index is 5.01. The Bertz CT molecular complexity index is 493. The summed E-state index contributed by atoms with van der Waals surface area (Å²) in [7, 11) is 1.70. The van der Waals surface area contributed by atoms with Gasteiger partial charge in [-0.25, -0.2) is 9.97 Å². The number of pyridine rings is 2. The third-order valence-electron chi connectivity index (χ3n) is 2.49. The number of ether oxygens (including phenoxy) is 1. The Hall–Kier alpha value is -1.43. The van der Waals surface area contributed by atoms with E-state index in [9.17, 15) is 0 Å². The van der Waals surface area contributed by atoms with E-state index in [0.29, 0.717) is 6.61 Å². The van der Waals surface area contributed by atoms with Crippen LogP contribution in [0.4, 0.5) is 0 Å². The van der Waals surface area contributed by atoms with E-state index in [-0.39, 0.29) is 0 Å². The quantitative estimate of drug-likeness (QED) is 0.786. The van der Waals surface area contributed by atoms with Crippen molar-refractivity contribution in [2.24, 2.45) is 0 Å². The molecule has 4 nitrogen and oxygen atoms in total. The molecule has 0 fully saturated rings. The van der Waals surface area contributed by atoms with Crippen LogP contribution in [0.25, 0.3) is 0 Å². The van der Waals surface area contributed by atoms with Gasteiger partial charge in [-0.1, -0.05) is 12.1 Å². The van der Waals surface area contributed by atoms with Gasteiger partial charge in [0.2, 0.25) is 0 Å². The van der Waals surface area contributed by atoms with Crippen molar-refractivity contribution in [3.05, 3.63) is 48.3 Å². The van der Waals surface area contributed by atoms with Gasteiger partial charge < -0.3 is 10.1 Å². The van der Waals surface area contributed by atoms with Crippen molar-refractivity contribution in [3.63, 3.8) is 0 Å². The second-order valence-electron chi connectivity index (χ2n) is 3.91. The molecule has 0 aliphatic carbocycles. The summed E-state index contributed by atoms with van der Waals surface area (Å²) in [6, 6.07) is 9.92. The van der Waals surface area contributed by atoms with E-state index in [0.717, 1.165) is 23.1 Å². The molecule has 2 heterocycles. The Morgan fingerprint density at radius 2 is 2.05 bits per heavy atom. The van der Waals surface area contributed by atoms with E-state index in [1.54, 1.807) is 25.1 Å². The topological polar surface area (TPSA) is 47.0 Å². The van der Waals surface area contributed by atoms with Crippen LogP contribution >= 0.6 is 11.8 Å². The van der Waals surface area contributed by atoms with Gasteiger partial charge in [-0.3, -0.25) is 0 Å². The Morgan fingerprint density at radius 1 is 1.16 bits per heavy atom. The lowest BCUT2D eigenvalue weighted by atomic mass is 10.3. The molecule has 0 spiro atoms. The average Bonchev–Trinajstić information content (AvgIpc) is 2.46. The number of hydrogen-bond acceptors (Lipinski definition) is 5. The lowest BCUT2D eigenvalue weighted by Gasteiger charge is -2.08. The van der Waals surface area contributed by atoms with Crippen molar-refractivity contribution in [2.45, 2.75) is 16.6 Å². The van der Waals surface area contributed by atoms with E-state index in [4.69, 9.17) is 4.74 Å². The summed E-state index contributed by atoms with van der Waals surface area (Å²) in [4.78, 5) is 8.73. The molecule has 0 amide bonds. The summed E-state index contributed by atoms with van der Waals surface area (Å²) >= 11 is 1.58. The first-order valence-corrected chi connectivity index (χ1v) is 6.94. The fraction of sp³-hybridized carbons (Fsp3) is 0.286. The third-order valence-corrected chi connectivity index (χ3v) is 3.50. The summed E-state index contributed by atoms with van der Waals surface area (Å²) in [5, 5.41) is 5.28. The maximum absolute atomic E-state index is 5.01. The predicted molar refractivity (Wildman–Crippen MR) is 76.2 cm³/mol. The minimum absolute atomic E-state index is 0.711. The highest BCUT2D eigenvalue weighted by atomic mass is 32.2. The zero-order valence-corrected chi connectivity index (χ0v) is 11.7. The second-order valence-corrected chi connectivity index (χ2v) is 4.92. The highest BCUT2D eigenvalue weighted by molar-refractivity contribution is 7.99. The molecule has 0 radical (unpaired) electrons. The highest BCUT2D eigenvalue weighted by Gasteiger charge is 2.05. The van der Waals surface area contributed by atoms with Crippen LogP contribution in [0.15, 0.2) is 52.8 Å². The molecule has 2 aromatic heterocycles. The second kappa shape index (κ2) is 7.89. The summed E-state index contributed by atoms with van der Waals surface area (Å²) in [5.41, 5.74) is 1.18. The lowest BCUT2D eigenvalue weighted by molar-refractivity contribution is 0.199. The molecular formula is C14H17N3OS. The zero-order valence-electron chi connectivity index (χ0n) is 10.9. The van der Waals surface area contributed by atoms with E-state index >= 15 is 0 Å². The normalized spacial score (nSPS) is 10.6. The van der Waals surface area contributed by atoms with Crippen molar-refractivity contribution in [3.8, 4) is 0 Å². The van der Waals surface area contributed by atoms with Crippen molar-refractivity contribution in [2.75, 3.05) is 20.3 Å². The summed E-state index contributed by atoms with van der Waals surface area (Å²) in [5.74, 6) is 0. The fourth-order valence-corrected chi connectivity index (χ4v) is 2.40. The Labute approximate surface area is 117 Å². The summed E-state index contributed by atoms with van der Waals surface area (Å²) in [6.07, 6.45) is 3.60. The van der Waals surface area contributed by atoms with Crippen molar-refractivity contribution < 1.29 is 4.74 Å². The predicted octanol–water partition coefficient (Wildman–Crippen LogP) is 2.36.